The van der Waals surface area contributed by atoms with Crippen molar-refractivity contribution < 1.29 is 0 Å². The first-order valence-electron chi connectivity index (χ1n) is 9.31. The number of anilines is 1. The van der Waals surface area contributed by atoms with Crippen LogP contribution in [0.1, 0.15) is 48.4 Å². The van der Waals surface area contributed by atoms with Gasteiger partial charge in [-0.25, -0.2) is 4.98 Å². The van der Waals surface area contributed by atoms with Gasteiger partial charge in [0.05, 0.1) is 0 Å². The zero-order valence-corrected chi connectivity index (χ0v) is 14.6. The van der Waals surface area contributed by atoms with E-state index in [4.69, 9.17) is 4.98 Å². The Balaban J connectivity index is 1.53. The van der Waals surface area contributed by atoms with Crippen LogP contribution in [0, 0.1) is 6.92 Å². The van der Waals surface area contributed by atoms with Gasteiger partial charge in [0.1, 0.15) is 5.82 Å². The molecule has 0 N–H and O–H groups in total. The summed E-state index contributed by atoms with van der Waals surface area (Å²) in [4.78, 5) is 9.85. The molecule has 0 unspecified atom stereocenters. The van der Waals surface area contributed by atoms with Crippen LogP contribution < -0.4 is 4.90 Å². The topological polar surface area (TPSA) is 19.4 Å². The number of pyridine rings is 1. The monoisotopic (exact) mass is 321 g/mol. The molecule has 2 aliphatic heterocycles. The Morgan fingerprint density at radius 2 is 1.83 bits per heavy atom. The molecule has 2 aromatic rings. The lowest BCUT2D eigenvalue weighted by molar-refractivity contribution is 0.247. The number of benzene rings is 1. The van der Waals surface area contributed by atoms with Crippen LogP contribution in [0.15, 0.2) is 42.6 Å². The van der Waals surface area contributed by atoms with Crippen molar-refractivity contribution in [2.75, 3.05) is 24.5 Å². The van der Waals surface area contributed by atoms with E-state index in [9.17, 15) is 0 Å². The van der Waals surface area contributed by atoms with Crippen molar-refractivity contribution >= 4 is 5.82 Å². The van der Waals surface area contributed by atoms with E-state index in [-0.39, 0.29) is 0 Å². The van der Waals surface area contributed by atoms with Crippen LogP contribution in [-0.2, 0) is 6.54 Å². The van der Waals surface area contributed by atoms with Crippen molar-refractivity contribution in [3.05, 3.63) is 59.3 Å². The van der Waals surface area contributed by atoms with Crippen molar-refractivity contribution in [2.45, 2.75) is 45.2 Å². The third-order valence-corrected chi connectivity index (χ3v) is 5.52. The number of hydrogen-bond acceptors (Lipinski definition) is 3. The van der Waals surface area contributed by atoms with Gasteiger partial charge in [-0.3, -0.25) is 4.90 Å². The minimum absolute atomic E-state index is 0.519. The Labute approximate surface area is 145 Å². The summed E-state index contributed by atoms with van der Waals surface area (Å²) in [5.41, 5.74) is 4.23. The van der Waals surface area contributed by atoms with Crippen molar-refractivity contribution in [2.24, 2.45) is 0 Å². The lowest BCUT2D eigenvalue weighted by Crippen LogP contribution is -2.24. The maximum Gasteiger partial charge on any atom is 0.128 e. The predicted molar refractivity (Wildman–Crippen MR) is 99.2 cm³/mol. The summed E-state index contributed by atoms with van der Waals surface area (Å²) in [6.45, 7) is 6.81. The van der Waals surface area contributed by atoms with Crippen molar-refractivity contribution in [3.63, 3.8) is 0 Å². The van der Waals surface area contributed by atoms with E-state index in [0.29, 0.717) is 6.04 Å². The molecular weight excluding hydrogens is 294 g/mol. The molecule has 0 radical (unpaired) electrons. The fraction of sp³-hybridized carbons (Fsp3) is 0.476. The van der Waals surface area contributed by atoms with Crippen LogP contribution in [-0.4, -0.2) is 29.5 Å². The predicted octanol–water partition coefficient (Wildman–Crippen LogP) is 4.33. The molecule has 2 fully saturated rings. The average molecular weight is 321 g/mol. The van der Waals surface area contributed by atoms with Gasteiger partial charge in [0.15, 0.2) is 0 Å². The molecule has 126 valence electrons. The molecule has 0 bridgehead atoms. The first-order chi connectivity index (χ1) is 11.8. The molecular formula is C21H27N3. The molecule has 0 aliphatic carbocycles. The number of hydrogen-bond donors (Lipinski definition) is 0. The third kappa shape index (κ3) is 3.18. The Morgan fingerprint density at radius 3 is 2.58 bits per heavy atom. The molecule has 3 nitrogen and oxygen atoms in total. The quantitative estimate of drug-likeness (QED) is 0.835. The van der Waals surface area contributed by atoms with Crippen LogP contribution >= 0.6 is 0 Å². The Kier molecular flexibility index (Phi) is 4.52. The SMILES string of the molecule is Cc1cc(N2CCCC2)ncc1[C@H]1CCCN1Cc1ccccc1. The highest BCUT2D eigenvalue weighted by Gasteiger charge is 2.27. The van der Waals surface area contributed by atoms with Crippen LogP contribution in [0.25, 0.3) is 0 Å². The van der Waals surface area contributed by atoms with E-state index in [2.05, 4.69) is 59.3 Å². The van der Waals surface area contributed by atoms with Gasteiger partial charge in [-0.15, -0.1) is 0 Å². The van der Waals surface area contributed by atoms with Crippen molar-refractivity contribution in [1.82, 2.24) is 9.88 Å². The largest absolute Gasteiger partial charge is 0.357 e. The lowest BCUT2D eigenvalue weighted by Gasteiger charge is -2.27. The lowest BCUT2D eigenvalue weighted by atomic mass is 10.0. The molecule has 3 heterocycles. The standard InChI is InChI=1S/C21H27N3/c1-17-14-21(23-11-5-6-12-23)22-15-19(17)20-10-7-13-24(20)16-18-8-3-2-4-9-18/h2-4,8-9,14-15,20H,5-7,10-13,16H2,1H3/t20-/m1/s1. The first kappa shape index (κ1) is 15.6. The average Bonchev–Trinajstić information content (AvgIpc) is 3.28. The van der Waals surface area contributed by atoms with E-state index in [0.717, 1.165) is 19.6 Å². The summed E-state index contributed by atoms with van der Waals surface area (Å²) in [7, 11) is 0. The minimum Gasteiger partial charge on any atom is -0.357 e. The molecule has 3 heteroatoms. The summed E-state index contributed by atoms with van der Waals surface area (Å²) in [6, 6.07) is 13.7. The van der Waals surface area contributed by atoms with Crippen LogP contribution in [0.5, 0.6) is 0 Å². The van der Waals surface area contributed by atoms with Gasteiger partial charge in [-0.05, 0) is 61.9 Å². The van der Waals surface area contributed by atoms with E-state index in [1.807, 2.05) is 0 Å². The van der Waals surface area contributed by atoms with Gasteiger partial charge >= 0.3 is 0 Å². The Bertz CT molecular complexity index is 677. The number of nitrogens with zero attached hydrogens (tertiary/aromatic N) is 3. The van der Waals surface area contributed by atoms with Crippen LogP contribution in [0.2, 0.25) is 0 Å². The fourth-order valence-electron chi connectivity index (χ4n) is 4.21. The molecule has 0 spiro atoms. The molecule has 0 saturated carbocycles. The molecule has 1 atom stereocenters. The first-order valence-corrected chi connectivity index (χ1v) is 9.31. The Morgan fingerprint density at radius 1 is 1.04 bits per heavy atom. The molecule has 2 saturated heterocycles. The van der Waals surface area contributed by atoms with Crippen LogP contribution in [0.3, 0.4) is 0 Å². The molecule has 24 heavy (non-hydrogen) atoms. The number of aryl methyl sites for hydroxylation is 1. The highest BCUT2D eigenvalue weighted by Crippen LogP contribution is 2.35. The summed E-state index contributed by atoms with van der Waals surface area (Å²) in [5, 5.41) is 0. The summed E-state index contributed by atoms with van der Waals surface area (Å²) >= 11 is 0. The molecule has 1 aromatic carbocycles. The molecule has 2 aliphatic rings. The van der Waals surface area contributed by atoms with Crippen LogP contribution in [0.4, 0.5) is 5.82 Å². The van der Waals surface area contributed by atoms with Gasteiger partial charge < -0.3 is 4.90 Å². The summed E-state index contributed by atoms with van der Waals surface area (Å²) in [5.74, 6) is 1.17. The highest BCUT2D eigenvalue weighted by atomic mass is 15.2. The van der Waals surface area contributed by atoms with E-state index < -0.39 is 0 Å². The van der Waals surface area contributed by atoms with Crippen molar-refractivity contribution in [1.29, 1.82) is 0 Å². The maximum atomic E-state index is 4.81. The second-order valence-electron chi connectivity index (χ2n) is 7.21. The maximum absolute atomic E-state index is 4.81. The van der Waals surface area contributed by atoms with Gasteiger partial charge in [0.2, 0.25) is 0 Å². The van der Waals surface area contributed by atoms with E-state index in [1.165, 1.54) is 54.7 Å². The minimum atomic E-state index is 0.519. The van der Waals surface area contributed by atoms with Gasteiger partial charge in [-0.1, -0.05) is 30.3 Å². The van der Waals surface area contributed by atoms with Gasteiger partial charge in [-0.2, -0.15) is 0 Å². The number of aromatic nitrogens is 1. The zero-order valence-electron chi connectivity index (χ0n) is 14.6. The van der Waals surface area contributed by atoms with Gasteiger partial charge in [0, 0.05) is 31.9 Å². The second kappa shape index (κ2) is 6.94. The smallest absolute Gasteiger partial charge is 0.128 e. The summed E-state index contributed by atoms with van der Waals surface area (Å²) in [6.07, 6.45) is 7.28. The molecule has 0 amide bonds. The summed E-state index contributed by atoms with van der Waals surface area (Å²) < 4.78 is 0. The molecule has 4 rings (SSSR count). The van der Waals surface area contributed by atoms with E-state index in [1.54, 1.807) is 0 Å². The van der Waals surface area contributed by atoms with Crippen molar-refractivity contribution in [3.8, 4) is 0 Å². The highest BCUT2D eigenvalue weighted by molar-refractivity contribution is 5.45. The fourth-order valence-corrected chi connectivity index (χ4v) is 4.21. The Hall–Kier alpha value is -1.87. The van der Waals surface area contributed by atoms with E-state index >= 15 is 0 Å². The third-order valence-electron chi connectivity index (χ3n) is 5.52. The normalized spacial score (nSPS) is 21.5. The number of rotatable bonds is 4. The second-order valence-corrected chi connectivity index (χ2v) is 7.21. The number of likely N-dealkylation sites (tertiary alicyclic amines) is 1. The molecule has 1 aromatic heterocycles. The zero-order chi connectivity index (χ0) is 16.4. The van der Waals surface area contributed by atoms with Gasteiger partial charge in [0.25, 0.3) is 0 Å².